The monoisotopic (exact) mass is 391 g/mol. The highest BCUT2D eigenvalue weighted by molar-refractivity contribution is 6.05. The van der Waals surface area contributed by atoms with E-state index in [1.54, 1.807) is 6.20 Å². The zero-order valence-electron chi connectivity index (χ0n) is 17.4. The lowest BCUT2D eigenvalue weighted by atomic mass is 9.89. The van der Waals surface area contributed by atoms with E-state index in [1.165, 1.54) is 5.56 Å². The van der Waals surface area contributed by atoms with E-state index in [4.69, 9.17) is 5.73 Å². The summed E-state index contributed by atoms with van der Waals surface area (Å²) in [6, 6.07) is 12.5. The SMILES string of the molecule is CCC(C)n1ncc2c(C(=O)N3C[C@@H](CN)[C@H](c4ccccc4)C3)cc(C)nc21. The summed E-state index contributed by atoms with van der Waals surface area (Å²) in [5, 5.41) is 5.36. The summed E-state index contributed by atoms with van der Waals surface area (Å²) in [7, 11) is 0. The maximum absolute atomic E-state index is 13.5. The van der Waals surface area contributed by atoms with Gasteiger partial charge in [-0.25, -0.2) is 9.67 Å². The second kappa shape index (κ2) is 7.95. The molecule has 29 heavy (non-hydrogen) atoms. The topological polar surface area (TPSA) is 77.0 Å². The number of aryl methyl sites for hydroxylation is 1. The van der Waals surface area contributed by atoms with Crippen LogP contribution in [0.1, 0.15) is 53.8 Å². The lowest BCUT2D eigenvalue weighted by Gasteiger charge is -2.18. The summed E-state index contributed by atoms with van der Waals surface area (Å²) < 4.78 is 1.93. The molecule has 0 aliphatic carbocycles. The quantitative estimate of drug-likeness (QED) is 0.722. The van der Waals surface area contributed by atoms with Crippen LogP contribution in [0.5, 0.6) is 0 Å². The summed E-state index contributed by atoms with van der Waals surface area (Å²) >= 11 is 0. The maximum atomic E-state index is 13.5. The molecule has 1 aromatic carbocycles. The maximum Gasteiger partial charge on any atom is 0.254 e. The summed E-state index contributed by atoms with van der Waals surface area (Å²) in [6.45, 7) is 8.11. The number of likely N-dealkylation sites (tertiary alicyclic amines) is 1. The Balaban J connectivity index is 1.68. The third kappa shape index (κ3) is 3.53. The summed E-state index contributed by atoms with van der Waals surface area (Å²) in [5.41, 5.74) is 9.63. The van der Waals surface area contributed by atoms with Crippen LogP contribution in [-0.2, 0) is 0 Å². The number of hydrogen-bond donors (Lipinski definition) is 1. The number of pyridine rings is 1. The average Bonchev–Trinajstić information content (AvgIpc) is 3.37. The van der Waals surface area contributed by atoms with Crippen LogP contribution >= 0.6 is 0 Å². The number of nitrogens with two attached hydrogens (primary N) is 1. The lowest BCUT2D eigenvalue weighted by Crippen LogP contribution is -2.30. The Kier molecular flexibility index (Phi) is 5.37. The van der Waals surface area contributed by atoms with Crippen molar-refractivity contribution in [2.45, 2.75) is 39.2 Å². The van der Waals surface area contributed by atoms with Crippen molar-refractivity contribution in [3.05, 3.63) is 59.4 Å². The molecule has 6 heteroatoms. The van der Waals surface area contributed by atoms with E-state index in [0.29, 0.717) is 25.2 Å². The molecule has 2 N–H and O–H groups in total. The van der Waals surface area contributed by atoms with Gasteiger partial charge >= 0.3 is 0 Å². The van der Waals surface area contributed by atoms with Crippen LogP contribution in [0, 0.1) is 12.8 Å². The predicted molar refractivity (Wildman–Crippen MR) is 115 cm³/mol. The highest BCUT2D eigenvalue weighted by Crippen LogP contribution is 2.33. The third-order valence-electron chi connectivity index (χ3n) is 6.19. The molecule has 3 aromatic rings. The van der Waals surface area contributed by atoms with E-state index in [2.05, 4.69) is 36.1 Å². The van der Waals surface area contributed by atoms with Gasteiger partial charge in [-0.05, 0) is 44.4 Å². The molecule has 0 spiro atoms. The fraction of sp³-hybridized carbons (Fsp3) is 0.435. The summed E-state index contributed by atoms with van der Waals surface area (Å²) in [6.07, 6.45) is 2.74. The highest BCUT2D eigenvalue weighted by atomic mass is 16.2. The molecule has 1 aliphatic heterocycles. The molecule has 2 aromatic heterocycles. The number of hydrogen-bond acceptors (Lipinski definition) is 4. The van der Waals surface area contributed by atoms with Crippen LogP contribution in [-0.4, -0.2) is 45.2 Å². The second-order valence-electron chi connectivity index (χ2n) is 8.12. The Morgan fingerprint density at radius 1 is 1.28 bits per heavy atom. The Hall–Kier alpha value is -2.73. The first-order chi connectivity index (χ1) is 14.0. The van der Waals surface area contributed by atoms with Crippen molar-refractivity contribution >= 4 is 16.9 Å². The predicted octanol–water partition coefficient (Wildman–Crippen LogP) is 3.53. The van der Waals surface area contributed by atoms with Crippen LogP contribution < -0.4 is 5.73 Å². The van der Waals surface area contributed by atoms with Gasteiger partial charge in [-0.15, -0.1) is 0 Å². The number of carbonyl (C=O) groups is 1. The van der Waals surface area contributed by atoms with Gasteiger partial charge in [0, 0.05) is 24.7 Å². The Labute approximate surface area is 171 Å². The molecule has 0 radical (unpaired) electrons. The van der Waals surface area contributed by atoms with Crippen LogP contribution in [0.4, 0.5) is 0 Å². The molecule has 152 valence electrons. The fourth-order valence-corrected chi connectivity index (χ4v) is 4.34. The zero-order chi connectivity index (χ0) is 20.5. The molecule has 4 rings (SSSR count). The normalized spacial score (nSPS) is 20.3. The number of fused-ring (bicyclic) bond motifs is 1. The first kappa shape index (κ1) is 19.6. The second-order valence-corrected chi connectivity index (χ2v) is 8.12. The van der Waals surface area contributed by atoms with E-state index < -0.39 is 0 Å². The van der Waals surface area contributed by atoms with Crippen molar-refractivity contribution in [2.24, 2.45) is 11.7 Å². The van der Waals surface area contributed by atoms with Crippen molar-refractivity contribution in [1.29, 1.82) is 0 Å². The minimum Gasteiger partial charge on any atom is -0.338 e. The Morgan fingerprint density at radius 2 is 2.03 bits per heavy atom. The molecule has 3 atom stereocenters. The van der Waals surface area contributed by atoms with Crippen molar-refractivity contribution in [3.8, 4) is 0 Å². The molecule has 1 aliphatic rings. The van der Waals surface area contributed by atoms with Gasteiger partial charge in [-0.2, -0.15) is 5.10 Å². The zero-order valence-corrected chi connectivity index (χ0v) is 17.4. The number of nitrogens with zero attached hydrogens (tertiary/aromatic N) is 4. The van der Waals surface area contributed by atoms with Gasteiger partial charge in [0.05, 0.1) is 23.2 Å². The minimum absolute atomic E-state index is 0.0427. The molecular weight excluding hydrogens is 362 g/mol. The van der Waals surface area contributed by atoms with Gasteiger partial charge in [-0.1, -0.05) is 37.3 Å². The lowest BCUT2D eigenvalue weighted by molar-refractivity contribution is 0.0788. The number of rotatable bonds is 5. The van der Waals surface area contributed by atoms with Gasteiger partial charge in [0.15, 0.2) is 5.65 Å². The van der Waals surface area contributed by atoms with Crippen molar-refractivity contribution in [2.75, 3.05) is 19.6 Å². The largest absolute Gasteiger partial charge is 0.338 e. The van der Waals surface area contributed by atoms with Gasteiger partial charge in [0.25, 0.3) is 5.91 Å². The fourth-order valence-electron chi connectivity index (χ4n) is 4.34. The molecule has 1 fully saturated rings. The highest BCUT2D eigenvalue weighted by Gasteiger charge is 2.36. The van der Waals surface area contributed by atoms with Crippen molar-refractivity contribution < 1.29 is 4.79 Å². The molecule has 1 amide bonds. The number of benzene rings is 1. The molecule has 6 nitrogen and oxygen atoms in total. The molecule has 1 saturated heterocycles. The number of carbonyl (C=O) groups excluding carboxylic acids is 1. The average molecular weight is 392 g/mol. The van der Waals surface area contributed by atoms with Crippen LogP contribution in [0.25, 0.3) is 11.0 Å². The van der Waals surface area contributed by atoms with Gasteiger partial charge in [-0.3, -0.25) is 4.79 Å². The van der Waals surface area contributed by atoms with Gasteiger partial charge in [0.1, 0.15) is 0 Å². The van der Waals surface area contributed by atoms with Crippen LogP contribution in [0.3, 0.4) is 0 Å². The summed E-state index contributed by atoms with van der Waals surface area (Å²) in [5.74, 6) is 0.579. The Bertz CT molecular complexity index is 1010. The molecule has 0 saturated carbocycles. The van der Waals surface area contributed by atoms with Gasteiger partial charge in [0.2, 0.25) is 0 Å². The molecule has 0 bridgehead atoms. The van der Waals surface area contributed by atoms with Gasteiger partial charge < -0.3 is 10.6 Å². The molecular formula is C23H29N5O. The van der Waals surface area contributed by atoms with Crippen molar-refractivity contribution in [3.63, 3.8) is 0 Å². The standard InChI is InChI=1S/C23H29N5O/c1-4-16(3)28-22-20(12-25-28)19(10-15(2)26-22)23(29)27-13-18(11-24)21(14-27)17-8-6-5-7-9-17/h5-10,12,16,18,21H,4,11,13-14,24H2,1-3H3/t16?,18-,21+/m1/s1. The van der Waals surface area contributed by atoms with Crippen LogP contribution in [0.2, 0.25) is 0 Å². The van der Waals surface area contributed by atoms with E-state index in [-0.39, 0.29) is 23.8 Å². The number of amides is 1. The van der Waals surface area contributed by atoms with Crippen LogP contribution in [0.15, 0.2) is 42.6 Å². The molecule has 1 unspecified atom stereocenters. The van der Waals surface area contributed by atoms with E-state index >= 15 is 0 Å². The minimum atomic E-state index is 0.0427. The Morgan fingerprint density at radius 3 is 2.72 bits per heavy atom. The molecule has 3 heterocycles. The summed E-state index contributed by atoms with van der Waals surface area (Å²) in [4.78, 5) is 20.1. The van der Waals surface area contributed by atoms with E-state index in [0.717, 1.165) is 23.1 Å². The smallest absolute Gasteiger partial charge is 0.254 e. The third-order valence-corrected chi connectivity index (χ3v) is 6.19. The van der Waals surface area contributed by atoms with Crippen molar-refractivity contribution in [1.82, 2.24) is 19.7 Å². The van der Waals surface area contributed by atoms with E-state index in [1.807, 2.05) is 40.8 Å². The first-order valence-corrected chi connectivity index (χ1v) is 10.4. The van der Waals surface area contributed by atoms with E-state index in [9.17, 15) is 4.79 Å². The number of aromatic nitrogens is 3. The first-order valence-electron chi connectivity index (χ1n) is 10.4.